The largest absolute Gasteiger partial charge is 0.508 e. The minimum atomic E-state index is -0.547. The van der Waals surface area contributed by atoms with Gasteiger partial charge in [0.25, 0.3) is 0 Å². The Kier molecular flexibility index (Phi) is 3.59. The zero-order chi connectivity index (χ0) is 10.7. The zero-order valence-corrected chi connectivity index (χ0v) is 8.68. The Hall–Kier alpha value is -0.950. The highest BCUT2D eigenvalue weighted by molar-refractivity contribution is 6.42. The molecule has 74 valence electrons. The molecule has 3 N–H and O–H groups in total. The number of phenolic OH excluding ortho intramolecular Hbond substituents is 1. The van der Waals surface area contributed by atoms with E-state index in [1.165, 1.54) is 12.1 Å². The van der Waals surface area contributed by atoms with Gasteiger partial charge in [0.2, 0.25) is 0 Å². The van der Waals surface area contributed by atoms with Crippen molar-refractivity contribution in [3.05, 3.63) is 27.7 Å². The summed E-state index contributed by atoms with van der Waals surface area (Å²) in [5.41, 5.74) is 6.07. The summed E-state index contributed by atoms with van der Waals surface area (Å²) in [4.78, 5) is 0. The second kappa shape index (κ2) is 4.52. The number of phenols is 1. The summed E-state index contributed by atoms with van der Waals surface area (Å²) in [5, 5.41) is 18.5. The van der Waals surface area contributed by atoms with E-state index in [2.05, 4.69) is 0 Å². The SMILES string of the molecule is N#CCC(N)c1cc(Cl)c(Cl)cc1O. The molecule has 0 aromatic heterocycles. The van der Waals surface area contributed by atoms with Crippen molar-refractivity contribution in [3.63, 3.8) is 0 Å². The third-order valence-corrected chi connectivity index (χ3v) is 2.50. The van der Waals surface area contributed by atoms with E-state index >= 15 is 0 Å². The van der Waals surface area contributed by atoms with E-state index in [0.29, 0.717) is 10.6 Å². The monoisotopic (exact) mass is 230 g/mol. The minimum absolute atomic E-state index is 0.0397. The molecule has 1 rings (SSSR count). The predicted molar refractivity (Wildman–Crippen MR) is 55.3 cm³/mol. The van der Waals surface area contributed by atoms with Crippen molar-refractivity contribution >= 4 is 23.2 Å². The topological polar surface area (TPSA) is 70.0 Å². The van der Waals surface area contributed by atoms with Gasteiger partial charge in [-0.15, -0.1) is 0 Å². The van der Waals surface area contributed by atoms with E-state index in [1.54, 1.807) is 0 Å². The fourth-order valence-corrected chi connectivity index (χ4v) is 1.39. The zero-order valence-electron chi connectivity index (χ0n) is 7.17. The minimum Gasteiger partial charge on any atom is -0.508 e. The number of hydrogen-bond acceptors (Lipinski definition) is 3. The summed E-state index contributed by atoms with van der Waals surface area (Å²) in [7, 11) is 0. The molecule has 0 radical (unpaired) electrons. The molecule has 1 unspecified atom stereocenters. The number of halogens is 2. The van der Waals surface area contributed by atoms with Gasteiger partial charge in [0.1, 0.15) is 5.75 Å². The molecule has 0 aliphatic heterocycles. The molecule has 0 saturated carbocycles. The summed E-state index contributed by atoms with van der Waals surface area (Å²) >= 11 is 11.4. The van der Waals surface area contributed by atoms with E-state index in [4.69, 9.17) is 34.2 Å². The highest BCUT2D eigenvalue weighted by Crippen LogP contribution is 2.33. The predicted octanol–water partition coefficient (Wildman–Crippen LogP) is 2.61. The Balaban J connectivity index is 3.10. The second-order valence-corrected chi connectivity index (χ2v) is 3.61. The summed E-state index contributed by atoms with van der Waals surface area (Å²) in [6, 6.07) is 4.16. The normalized spacial score (nSPS) is 12.1. The molecule has 1 atom stereocenters. The lowest BCUT2D eigenvalue weighted by Gasteiger charge is -2.11. The van der Waals surface area contributed by atoms with Crippen LogP contribution >= 0.6 is 23.2 Å². The maximum absolute atomic E-state index is 9.48. The molecule has 0 aliphatic rings. The van der Waals surface area contributed by atoms with Crippen LogP contribution in [-0.2, 0) is 0 Å². The Morgan fingerprint density at radius 2 is 2.00 bits per heavy atom. The number of benzene rings is 1. The van der Waals surface area contributed by atoms with Gasteiger partial charge in [-0.3, -0.25) is 0 Å². The molecule has 5 heteroatoms. The van der Waals surface area contributed by atoms with Crippen molar-refractivity contribution in [3.8, 4) is 11.8 Å². The fraction of sp³-hybridized carbons (Fsp3) is 0.222. The Bertz CT molecular complexity index is 387. The van der Waals surface area contributed by atoms with Crippen LogP contribution in [0.5, 0.6) is 5.75 Å². The molecule has 0 amide bonds. The summed E-state index contributed by atoms with van der Waals surface area (Å²) in [6.45, 7) is 0. The average Bonchev–Trinajstić information content (AvgIpc) is 2.11. The van der Waals surface area contributed by atoms with Crippen LogP contribution in [0.2, 0.25) is 10.0 Å². The van der Waals surface area contributed by atoms with Crippen LogP contribution in [0.3, 0.4) is 0 Å². The molecular weight excluding hydrogens is 223 g/mol. The molecule has 0 saturated heterocycles. The van der Waals surface area contributed by atoms with Gasteiger partial charge in [0.15, 0.2) is 0 Å². The van der Waals surface area contributed by atoms with Crippen LogP contribution in [0.15, 0.2) is 12.1 Å². The lowest BCUT2D eigenvalue weighted by molar-refractivity contribution is 0.462. The van der Waals surface area contributed by atoms with Crippen LogP contribution < -0.4 is 5.73 Å². The van der Waals surface area contributed by atoms with Gasteiger partial charge in [-0.25, -0.2) is 0 Å². The summed E-state index contributed by atoms with van der Waals surface area (Å²) < 4.78 is 0. The number of hydrogen-bond donors (Lipinski definition) is 2. The number of rotatable bonds is 2. The standard InChI is InChI=1S/C9H8Cl2N2O/c10-6-3-5(8(13)1-2-12)9(14)4-7(6)11/h3-4,8,14H,1,13H2. The molecule has 1 aromatic rings. The van der Waals surface area contributed by atoms with Crippen molar-refractivity contribution in [1.29, 1.82) is 5.26 Å². The van der Waals surface area contributed by atoms with Crippen molar-refractivity contribution in [1.82, 2.24) is 0 Å². The van der Waals surface area contributed by atoms with Gasteiger partial charge in [0, 0.05) is 17.7 Å². The first kappa shape index (κ1) is 11.1. The van der Waals surface area contributed by atoms with Crippen molar-refractivity contribution in [2.75, 3.05) is 0 Å². The van der Waals surface area contributed by atoms with Gasteiger partial charge < -0.3 is 10.8 Å². The Morgan fingerprint density at radius 3 is 2.57 bits per heavy atom. The lowest BCUT2D eigenvalue weighted by atomic mass is 10.0. The maximum atomic E-state index is 9.48. The van der Waals surface area contributed by atoms with Gasteiger partial charge >= 0.3 is 0 Å². The summed E-state index contributed by atoms with van der Waals surface area (Å²) in [5.74, 6) is -0.0397. The molecular formula is C9H8Cl2N2O. The van der Waals surface area contributed by atoms with Crippen LogP contribution in [-0.4, -0.2) is 5.11 Å². The van der Waals surface area contributed by atoms with E-state index in [9.17, 15) is 5.11 Å². The molecule has 14 heavy (non-hydrogen) atoms. The molecule has 0 spiro atoms. The first-order chi connectivity index (χ1) is 6.56. The van der Waals surface area contributed by atoms with Gasteiger partial charge in [-0.05, 0) is 6.07 Å². The molecule has 0 heterocycles. The first-order valence-electron chi connectivity index (χ1n) is 3.86. The fourth-order valence-electron chi connectivity index (χ4n) is 1.06. The van der Waals surface area contributed by atoms with Crippen LogP contribution in [0, 0.1) is 11.3 Å². The van der Waals surface area contributed by atoms with Gasteiger partial charge in [0.05, 0.1) is 22.5 Å². The quantitative estimate of drug-likeness (QED) is 0.821. The van der Waals surface area contributed by atoms with Crippen molar-refractivity contribution in [2.24, 2.45) is 5.73 Å². The molecule has 1 aromatic carbocycles. The smallest absolute Gasteiger partial charge is 0.121 e. The number of aromatic hydroxyl groups is 1. The van der Waals surface area contributed by atoms with E-state index in [-0.39, 0.29) is 17.2 Å². The average molecular weight is 231 g/mol. The number of nitriles is 1. The second-order valence-electron chi connectivity index (χ2n) is 2.79. The highest BCUT2D eigenvalue weighted by atomic mass is 35.5. The first-order valence-corrected chi connectivity index (χ1v) is 4.62. The molecule has 0 aliphatic carbocycles. The van der Waals surface area contributed by atoms with Gasteiger partial charge in [-0.2, -0.15) is 5.26 Å². The van der Waals surface area contributed by atoms with Crippen LogP contribution in [0.25, 0.3) is 0 Å². The lowest BCUT2D eigenvalue weighted by Crippen LogP contribution is -2.09. The molecule has 0 fully saturated rings. The van der Waals surface area contributed by atoms with Crippen LogP contribution in [0.1, 0.15) is 18.0 Å². The molecule has 3 nitrogen and oxygen atoms in total. The van der Waals surface area contributed by atoms with Crippen molar-refractivity contribution < 1.29 is 5.11 Å². The highest BCUT2D eigenvalue weighted by Gasteiger charge is 2.13. The van der Waals surface area contributed by atoms with E-state index in [0.717, 1.165) is 0 Å². The summed E-state index contributed by atoms with van der Waals surface area (Å²) in [6.07, 6.45) is 0.117. The molecule has 0 bridgehead atoms. The van der Waals surface area contributed by atoms with Crippen LogP contribution in [0.4, 0.5) is 0 Å². The van der Waals surface area contributed by atoms with E-state index < -0.39 is 6.04 Å². The van der Waals surface area contributed by atoms with E-state index in [1.807, 2.05) is 6.07 Å². The third-order valence-electron chi connectivity index (χ3n) is 1.78. The Morgan fingerprint density at radius 1 is 1.43 bits per heavy atom. The third kappa shape index (κ3) is 2.30. The maximum Gasteiger partial charge on any atom is 0.121 e. The van der Waals surface area contributed by atoms with Gasteiger partial charge in [-0.1, -0.05) is 23.2 Å². The number of nitrogens with zero attached hydrogens (tertiary/aromatic N) is 1. The number of nitrogens with two attached hydrogens (primary N) is 1. The van der Waals surface area contributed by atoms with Crippen molar-refractivity contribution in [2.45, 2.75) is 12.5 Å². The Labute approximate surface area is 91.7 Å².